The van der Waals surface area contributed by atoms with E-state index in [4.69, 9.17) is 11.6 Å². The first-order chi connectivity index (χ1) is 6.07. The fourth-order valence-corrected chi connectivity index (χ4v) is 1.33. The Labute approximate surface area is 80.0 Å². The summed E-state index contributed by atoms with van der Waals surface area (Å²) in [5, 5.41) is 8.99. The molecule has 72 valence electrons. The minimum atomic E-state index is -1.05. The number of hydrogen-bond acceptors (Lipinski definition) is 1. The average molecular weight is 207 g/mol. The standard InChI is InChI=1S/C9H9ClF2O/c1-2-7(13)8-5(11)3-4-6(12)9(8)10/h3-4,7,13H,2H2,1H3. The first kappa shape index (κ1) is 10.4. The van der Waals surface area contributed by atoms with Gasteiger partial charge in [0.2, 0.25) is 0 Å². The maximum atomic E-state index is 13.1. The van der Waals surface area contributed by atoms with Crippen LogP contribution in [0, 0.1) is 11.6 Å². The van der Waals surface area contributed by atoms with E-state index in [2.05, 4.69) is 0 Å². The van der Waals surface area contributed by atoms with Gasteiger partial charge in [-0.15, -0.1) is 0 Å². The van der Waals surface area contributed by atoms with Crippen molar-refractivity contribution in [3.05, 3.63) is 34.4 Å². The summed E-state index contributed by atoms with van der Waals surface area (Å²) < 4.78 is 25.9. The highest BCUT2D eigenvalue weighted by Crippen LogP contribution is 2.29. The van der Waals surface area contributed by atoms with Crippen LogP contribution in [0.2, 0.25) is 5.02 Å². The minimum absolute atomic E-state index is 0.163. The second kappa shape index (κ2) is 4.03. The fourth-order valence-electron chi connectivity index (χ4n) is 1.05. The van der Waals surface area contributed by atoms with Crippen LogP contribution >= 0.6 is 11.6 Å². The van der Waals surface area contributed by atoms with Crippen LogP contribution in [0.3, 0.4) is 0 Å². The van der Waals surface area contributed by atoms with Gasteiger partial charge in [0.25, 0.3) is 0 Å². The molecule has 0 fully saturated rings. The maximum Gasteiger partial charge on any atom is 0.142 e. The Kier molecular flexibility index (Phi) is 3.22. The number of aliphatic hydroxyl groups excluding tert-OH is 1. The summed E-state index contributed by atoms with van der Waals surface area (Å²) in [7, 11) is 0. The zero-order chi connectivity index (χ0) is 10.0. The lowest BCUT2D eigenvalue weighted by atomic mass is 10.1. The van der Waals surface area contributed by atoms with Crippen LogP contribution in [0.5, 0.6) is 0 Å². The monoisotopic (exact) mass is 206 g/mol. The van der Waals surface area contributed by atoms with Gasteiger partial charge >= 0.3 is 0 Å². The van der Waals surface area contributed by atoms with Crippen molar-refractivity contribution in [3.63, 3.8) is 0 Å². The van der Waals surface area contributed by atoms with Crippen molar-refractivity contribution in [2.45, 2.75) is 19.4 Å². The highest BCUT2D eigenvalue weighted by Gasteiger charge is 2.17. The number of hydrogen-bond donors (Lipinski definition) is 1. The van der Waals surface area contributed by atoms with Gasteiger partial charge in [0.1, 0.15) is 11.6 Å². The van der Waals surface area contributed by atoms with Crippen molar-refractivity contribution in [2.24, 2.45) is 0 Å². The topological polar surface area (TPSA) is 20.2 Å². The van der Waals surface area contributed by atoms with Gasteiger partial charge in [0, 0.05) is 5.56 Å². The van der Waals surface area contributed by atoms with Gasteiger partial charge in [-0.25, -0.2) is 8.78 Å². The molecular weight excluding hydrogens is 198 g/mol. The zero-order valence-corrected chi connectivity index (χ0v) is 7.78. The van der Waals surface area contributed by atoms with E-state index in [-0.39, 0.29) is 10.6 Å². The zero-order valence-electron chi connectivity index (χ0n) is 7.02. The average Bonchev–Trinajstić information content (AvgIpc) is 2.12. The third-order valence-corrected chi connectivity index (χ3v) is 2.18. The molecule has 0 aromatic heterocycles. The molecule has 1 nitrogen and oxygen atoms in total. The highest BCUT2D eigenvalue weighted by atomic mass is 35.5. The van der Waals surface area contributed by atoms with E-state index in [1.54, 1.807) is 6.92 Å². The summed E-state index contributed by atoms with van der Waals surface area (Å²) in [6.07, 6.45) is -0.761. The first-order valence-corrected chi connectivity index (χ1v) is 4.27. The van der Waals surface area contributed by atoms with Gasteiger partial charge in [0.15, 0.2) is 0 Å². The molecule has 0 radical (unpaired) electrons. The Morgan fingerprint density at radius 3 is 2.46 bits per heavy atom. The third kappa shape index (κ3) is 1.98. The molecule has 0 aliphatic heterocycles. The highest BCUT2D eigenvalue weighted by molar-refractivity contribution is 6.31. The van der Waals surface area contributed by atoms with Crippen LogP contribution in [0.25, 0.3) is 0 Å². The minimum Gasteiger partial charge on any atom is -0.388 e. The van der Waals surface area contributed by atoms with Crippen LogP contribution in [0.15, 0.2) is 12.1 Å². The van der Waals surface area contributed by atoms with Crippen LogP contribution in [-0.4, -0.2) is 5.11 Å². The molecule has 1 unspecified atom stereocenters. The molecule has 13 heavy (non-hydrogen) atoms. The van der Waals surface area contributed by atoms with Gasteiger partial charge in [-0.3, -0.25) is 0 Å². The molecule has 0 aliphatic carbocycles. The second-order valence-electron chi connectivity index (χ2n) is 2.68. The summed E-state index contributed by atoms with van der Waals surface area (Å²) in [6.45, 7) is 1.66. The number of rotatable bonds is 2. The largest absolute Gasteiger partial charge is 0.388 e. The summed E-state index contributed by atoms with van der Waals surface area (Å²) in [4.78, 5) is 0. The Balaban J connectivity index is 3.25. The Hall–Kier alpha value is -0.670. The lowest BCUT2D eigenvalue weighted by Gasteiger charge is -2.11. The fraction of sp³-hybridized carbons (Fsp3) is 0.333. The number of halogens is 3. The molecule has 4 heteroatoms. The van der Waals surface area contributed by atoms with E-state index < -0.39 is 17.7 Å². The van der Waals surface area contributed by atoms with Crippen LogP contribution < -0.4 is 0 Å². The van der Waals surface area contributed by atoms with Crippen molar-refractivity contribution in [1.82, 2.24) is 0 Å². The van der Waals surface area contributed by atoms with Crippen LogP contribution in [-0.2, 0) is 0 Å². The predicted molar refractivity (Wildman–Crippen MR) is 46.6 cm³/mol. The molecule has 1 aromatic carbocycles. The Morgan fingerprint density at radius 2 is 1.92 bits per heavy atom. The molecule has 0 aliphatic rings. The molecule has 1 aromatic rings. The lowest BCUT2D eigenvalue weighted by Crippen LogP contribution is -2.01. The van der Waals surface area contributed by atoms with Gasteiger partial charge in [0.05, 0.1) is 11.1 Å². The van der Waals surface area contributed by atoms with Gasteiger partial charge in [-0.1, -0.05) is 18.5 Å². The van der Waals surface area contributed by atoms with E-state index in [0.717, 1.165) is 12.1 Å². The summed E-state index contributed by atoms with van der Waals surface area (Å²) in [5.41, 5.74) is -0.163. The maximum absolute atomic E-state index is 13.1. The predicted octanol–water partition coefficient (Wildman–Crippen LogP) is 3.06. The van der Waals surface area contributed by atoms with E-state index in [0.29, 0.717) is 6.42 Å². The lowest BCUT2D eigenvalue weighted by molar-refractivity contribution is 0.168. The summed E-state index contributed by atoms with van der Waals surface area (Å²) in [6, 6.07) is 1.89. The van der Waals surface area contributed by atoms with E-state index in [1.165, 1.54) is 0 Å². The van der Waals surface area contributed by atoms with E-state index in [1.807, 2.05) is 0 Å². The summed E-state index contributed by atoms with van der Waals surface area (Å²) in [5.74, 6) is -1.40. The second-order valence-corrected chi connectivity index (χ2v) is 3.06. The Bertz CT molecular complexity index is 315. The normalized spacial score (nSPS) is 13.0. The molecule has 0 bridgehead atoms. The number of aliphatic hydroxyl groups is 1. The van der Waals surface area contributed by atoms with Gasteiger partial charge in [-0.05, 0) is 18.6 Å². The number of benzene rings is 1. The van der Waals surface area contributed by atoms with Gasteiger partial charge < -0.3 is 5.11 Å². The summed E-state index contributed by atoms with van der Waals surface area (Å²) >= 11 is 5.50. The smallest absolute Gasteiger partial charge is 0.142 e. The first-order valence-electron chi connectivity index (χ1n) is 3.89. The van der Waals surface area contributed by atoms with E-state index in [9.17, 15) is 13.9 Å². The molecule has 1 atom stereocenters. The third-order valence-electron chi connectivity index (χ3n) is 1.80. The molecular formula is C9H9ClF2O. The van der Waals surface area contributed by atoms with Crippen molar-refractivity contribution in [2.75, 3.05) is 0 Å². The van der Waals surface area contributed by atoms with Crippen molar-refractivity contribution < 1.29 is 13.9 Å². The molecule has 0 amide bonds. The Morgan fingerprint density at radius 1 is 1.38 bits per heavy atom. The molecule has 0 heterocycles. The molecule has 0 spiro atoms. The van der Waals surface area contributed by atoms with Crippen molar-refractivity contribution in [1.29, 1.82) is 0 Å². The van der Waals surface area contributed by atoms with Crippen molar-refractivity contribution in [3.8, 4) is 0 Å². The van der Waals surface area contributed by atoms with Gasteiger partial charge in [-0.2, -0.15) is 0 Å². The quantitative estimate of drug-likeness (QED) is 0.738. The molecule has 1 N–H and O–H groups in total. The van der Waals surface area contributed by atoms with Crippen LogP contribution in [0.4, 0.5) is 8.78 Å². The van der Waals surface area contributed by atoms with Crippen molar-refractivity contribution >= 4 is 11.6 Å². The molecule has 0 saturated heterocycles. The van der Waals surface area contributed by atoms with E-state index >= 15 is 0 Å². The molecule has 0 saturated carbocycles. The van der Waals surface area contributed by atoms with Crippen LogP contribution in [0.1, 0.15) is 25.0 Å². The SMILES string of the molecule is CCC(O)c1c(F)ccc(F)c1Cl. The molecule has 1 rings (SSSR count).